The molecule has 0 rings (SSSR count). The van der Waals surface area contributed by atoms with Crippen molar-refractivity contribution in [2.24, 2.45) is 5.73 Å². The topological polar surface area (TPSA) is 78.6 Å². The van der Waals surface area contributed by atoms with Gasteiger partial charge >= 0.3 is 7.60 Å². The summed E-state index contributed by atoms with van der Waals surface area (Å²) in [6.45, 7) is 6.64. The van der Waals surface area contributed by atoms with Crippen LogP contribution in [0.2, 0.25) is 0 Å². The molecular weight excluding hydrogens is 288 g/mol. The number of carbonyl (C=O) groups excluding carboxylic acids is 1. The Hall–Kier alpha value is 0.360. The van der Waals surface area contributed by atoms with Gasteiger partial charge in [-0.25, -0.2) is 0 Å². The highest BCUT2D eigenvalue weighted by molar-refractivity contribution is 7.55. The second-order valence-corrected chi connectivity index (χ2v) is 7.15. The van der Waals surface area contributed by atoms with E-state index in [1.807, 2.05) is 0 Å². The van der Waals surface area contributed by atoms with Gasteiger partial charge in [-0.2, -0.15) is 0 Å². The summed E-state index contributed by atoms with van der Waals surface area (Å²) in [5.41, 5.74) is 5.56. The zero-order valence-corrected chi connectivity index (χ0v) is 12.6. The van der Waals surface area contributed by atoms with Crippen molar-refractivity contribution in [3.63, 3.8) is 0 Å². The van der Waals surface area contributed by atoms with Crippen molar-refractivity contribution < 1.29 is 18.4 Å². The first kappa shape index (κ1) is 17.4. The molecule has 0 spiro atoms. The highest BCUT2D eigenvalue weighted by Gasteiger charge is 2.42. The van der Waals surface area contributed by atoms with Crippen molar-refractivity contribution >= 4 is 36.6 Å². The molecular formula is C9H18Cl2NO4P. The molecule has 0 fully saturated rings. The van der Waals surface area contributed by atoms with E-state index in [0.29, 0.717) is 0 Å². The smallest absolute Gasteiger partial charge is 0.311 e. The lowest BCUT2D eigenvalue weighted by Crippen LogP contribution is -2.36. The fourth-order valence-electron chi connectivity index (χ4n) is 1.03. The zero-order chi connectivity index (χ0) is 13.8. The Bertz CT molecular complexity index is 295. The highest BCUT2D eigenvalue weighted by Crippen LogP contribution is 2.53. The van der Waals surface area contributed by atoms with Gasteiger partial charge < -0.3 is 14.8 Å². The van der Waals surface area contributed by atoms with Gasteiger partial charge in [0.05, 0.1) is 12.2 Å². The number of hydrogen-bond donors (Lipinski definition) is 1. The molecule has 0 aliphatic heterocycles. The van der Waals surface area contributed by atoms with E-state index in [-0.39, 0.29) is 0 Å². The second-order valence-electron chi connectivity index (χ2n) is 4.00. The van der Waals surface area contributed by atoms with Crippen LogP contribution < -0.4 is 5.73 Å². The van der Waals surface area contributed by atoms with E-state index < -0.39 is 36.2 Å². The van der Waals surface area contributed by atoms with Crippen molar-refractivity contribution in [1.29, 1.82) is 0 Å². The van der Waals surface area contributed by atoms with E-state index >= 15 is 0 Å². The fourth-order valence-corrected chi connectivity index (χ4v) is 3.42. The molecule has 0 aromatic carbocycles. The molecule has 0 saturated carbocycles. The maximum absolute atomic E-state index is 12.4. The van der Waals surface area contributed by atoms with E-state index in [1.165, 1.54) is 0 Å². The van der Waals surface area contributed by atoms with Crippen LogP contribution in [-0.2, 0) is 18.4 Å². The largest absolute Gasteiger partial charge is 0.355 e. The minimum atomic E-state index is -3.77. The molecule has 0 radical (unpaired) electrons. The van der Waals surface area contributed by atoms with Crippen molar-refractivity contribution in [2.45, 2.75) is 50.5 Å². The predicted molar refractivity (Wildman–Crippen MR) is 68.5 cm³/mol. The molecule has 0 amide bonds. The second kappa shape index (κ2) is 7.07. The Morgan fingerprint density at radius 3 is 1.71 bits per heavy atom. The zero-order valence-electron chi connectivity index (χ0n) is 10.2. The van der Waals surface area contributed by atoms with Crippen LogP contribution >= 0.6 is 30.8 Å². The number of ketones is 1. The number of Topliss-reactive ketones (excluding diaryl/α,β-unsaturated/α-hetero) is 1. The first-order valence-corrected chi connectivity index (χ1v) is 7.62. The minimum absolute atomic E-state index is 0.400. The Labute approximate surface area is 111 Å². The van der Waals surface area contributed by atoms with E-state index in [0.717, 1.165) is 0 Å². The third-order valence-electron chi connectivity index (χ3n) is 1.56. The first-order valence-electron chi connectivity index (χ1n) is 5.14. The van der Waals surface area contributed by atoms with Gasteiger partial charge in [0, 0.05) is 0 Å². The highest BCUT2D eigenvalue weighted by atomic mass is 35.5. The molecule has 5 nitrogen and oxygen atoms in total. The van der Waals surface area contributed by atoms with E-state index in [1.54, 1.807) is 27.7 Å². The standard InChI is InChI=1S/C9H18Cl2NO4P/c1-5(2)15-17(14,16-6(3)4)9(12)7(13)8(10)11/h5-6,8-9H,12H2,1-4H3. The van der Waals surface area contributed by atoms with Crippen molar-refractivity contribution in [1.82, 2.24) is 0 Å². The van der Waals surface area contributed by atoms with Crippen molar-refractivity contribution in [3.05, 3.63) is 0 Å². The summed E-state index contributed by atoms with van der Waals surface area (Å²) in [5, 5.41) is 0. The van der Waals surface area contributed by atoms with E-state index in [2.05, 4.69) is 0 Å². The summed E-state index contributed by atoms with van der Waals surface area (Å²) < 4.78 is 22.7. The lowest BCUT2D eigenvalue weighted by Gasteiger charge is -2.26. The van der Waals surface area contributed by atoms with Crippen LogP contribution in [0.1, 0.15) is 27.7 Å². The molecule has 2 N–H and O–H groups in total. The van der Waals surface area contributed by atoms with Crippen LogP contribution in [0, 0.1) is 0 Å². The molecule has 0 bridgehead atoms. The maximum atomic E-state index is 12.4. The molecule has 1 unspecified atom stereocenters. The van der Waals surface area contributed by atoms with Gasteiger partial charge in [-0.05, 0) is 27.7 Å². The number of alkyl halides is 2. The molecule has 0 aliphatic rings. The van der Waals surface area contributed by atoms with Gasteiger partial charge in [0.1, 0.15) is 0 Å². The van der Waals surface area contributed by atoms with Crippen LogP contribution in [-0.4, -0.2) is 28.6 Å². The maximum Gasteiger partial charge on any atom is 0.355 e. The van der Waals surface area contributed by atoms with Gasteiger partial charge in [0.2, 0.25) is 0 Å². The molecule has 0 aromatic rings. The lowest BCUT2D eigenvalue weighted by molar-refractivity contribution is -0.117. The van der Waals surface area contributed by atoms with Crippen LogP contribution in [0.15, 0.2) is 0 Å². The SMILES string of the molecule is CC(C)OP(=O)(OC(C)C)C(N)C(=O)C(Cl)Cl. The molecule has 0 saturated heterocycles. The Morgan fingerprint density at radius 2 is 1.47 bits per heavy atom. The Kier molecular flexibility index (Phi) is 7.22. The van der Waals surface area contributed by atoms with Crippen molar-refractivity contribution in [2.75, 3.05) is 0 Å². The fraction of sp³-hybridized carbons (Fsp3) is 0.889. The summed E-state index contributed by atoms with van der Waals surface area (Å²) in [7, 11) is -3.77. The average molecular weight is 306 g/mol. The van der Waals surface area contributed by atoms with Crippen LogP contribution in [0.25, 0.3) is 0 Å². The third kappa shape index (κ3) is 5.69. The third-order valence-corrected chi connectivity index (χ3v) is 4.36. The number of nitrogens with two attached hydrogens (primary N) is 1. The van der Waals surface area contributed by atoms with Crippen LogP contribution in [0.3, 0.4) is 0 Å². The molecule has 0 aromatic heterocycles. The number of halogens is 2. The van der Waals surface area contributed by atoms with Crippen LogP contribution in [0.4, 0.5) is 0 Å². The van der Waals surface area contributed by atoms with Crippen molar-refractivity contribution in [3.8, 4) is 0 Å². The van der Waals surface area contributed by atoms with Gasteiger partial charge in [-0.15, -0.1) is 0 Å². The quantitative estimate of drug-likeness (QED) is 0.578. The Balaban J connectivity index is 5.03. The molecule has 0 aliphatic carbocycles. The van der Waals surface area contributed by atoms with E-state index in [4.69, 9.17) is 38.0 Å². The molecule has 102 valence electrons. The normalized spacial score (nSPS) is 14.7. The summed E-state index contributed by atoms with van der Waals surface area (Å²) in [6.07, 6.45) is -0.801. The molecule has 17 heavy (non-hydrogen) atoms. The lowest BCUT2D eigenvalue weighted by atomic mass is 10.4. The van der Waals surface area contributed by atoms with Gasteiger partial charge in [0.15, 0.2) is 16.4 Å². The van der Waals surface area contributed by atoms with Gasteiger partial charge in [-0.3, -0.25) is 9.36 Å². The summed E-state index contributed by atoms with van der Waals surface area (Å²) >= 11 is 10.8. The molecule has 1 atom stereocenters. The number of carbonyl (C=O) groups is 1. The van der Waals surface area contributed by atoms with Crippen LogP contribution in [0.5, 0.6) is 0 Å². The monoisotopic (exact) mass is 305 g/mol. The number of rotatable bonds is 7. The van der Waals surface area contributed by atoms with Gasteiger partial charge in [0.25, 0.3) is 0 Å². The predicted octanol–water partition coefficient (Wildman–Crippen LogP) is 2.69. The summed E-state index contributed by atoms with van der Waals surface area (Å²) in [5.74, 6) is -2.26. The molecule has 0 heterocycles. The minimum Gasteiger partial charge on any atom is -0.311 e. The first-order chi connectivity index (χ1) is 7.60. The average Bonchev–Trinajstić information content (AvgIpc) is 2.12. The number of hydrogen-bond acceptors (Lipinski definition) is 5. The van der Waals surface area contributed by atoms with Gasteiger partial charge in [-0.1, -0.05) is 23.2 Å². The molecule has 8 heteroatoms. The summed E-state index contributed by atoms with van der Waals surface area (Å²) in [6, 6.07) is 0. The van der Waals surface area contributed by atoms with E-state index in [9.17, 15) is 9.36 Å². The summed E-state index contributed by atoms with van der Waals surface area (Å²) in [4.78, 5) is 10.2. The Morgan fingerprint density at radius 1 is 1.12 bits per heavy atom.